The number of alkyl halides is 2. The van der Waals surface area contributed by atoms with Crippen molar-refractivity contribution in [1.82, 2.24) is 0 Å². The summed E-state index contributed by atoms with van der Waals surface area (Å²) < 4.78 is 29.0. The number of allylic oxidation sites excluding steroid dienone is 1. The number of hydrogen-bond acceptors (Lipinski definition) is 4. The van der Waals surface area contributed by atoms with Crippen molar-refractivity contribution in [2.75, 3.05) is 0 Å². The normalized spacial score (nSPS) is 10.9. The van der Waals surface area contributed by atoms with Crippen molar-refractivity contribution in [2.24, 2.45) is 0 Å². The summed E-state index contributed by atoms with van der Waals surface area (Å²) in [6.07, 6.45) is 2.46. The number of nitro benzene ring substituents is 1. The van der Waals surface area contributed by atoms with Gasteiger partial charge in [-0.15, -0.1) is 0 Å². The molecule has 2 aromatic carbocycles. The monoisotopic (exact) mass is 319 g/mol. The maximum absolute atomic E-state index is 12.3. The van der Waals surface area contributed by atoms with E-state index in [9.17, 15) is 23.7 Å². The molecule has 0 saturated carbocycles. The molecule has 0 atom stereocenters. The standard InChI is InChI=1S/C16H11F2NO4/c17-16(18)23-15-7-2-1-4-11(15)8-9-14(20)12-5-3-6-13(10-12)19(21)22/h1-10,16H. The fourth-order valence-corrected chi connectivity index (χ4v) is 1.86. The minimum absolute atomic E-state index is 0.0643. The summed E-state index contributed by atoms with van der Waals surface area (Å²) in [4.78, 5) is 22.1. The van der Waals surface area contributed by atoms with Crippen LogP contribution in [0.2, 0.25) is 0 Å². The second-order valence-corrected chi connectivity index (χ2v) is 4.42. The summed E-state index contributed by atoms with van der Waals surface area (Å²) >= 11 is 0. The lowest BCUT2D eigenvalue weighted by molar-refractivity contribution is -0.384. The van der Waals surface area contributed by atoms with Crippen molar-refractivity contribution in [3.8, 4) is 5.75 Å². The Morgan fingerprint density at radius 1 is 1.17 bits per heavy atom. The summed E-state index contributed by atoms with van der Waals surface area (Å²) in [5.74, 6) is -0.550. The smallest absolute Gasteiger partial charge is 0.387 e. The van der Waals surface area contributed by atoms with Gasteiger partial charge < -0.3 is 4.74 Å². The highest BCUT2D eigenvalue weighted by molar-refractivity contribution is 6.07. The number of ketones is 1. The van der Waals surface area contributed by atoms with Crippen molar-refractivity contribution in [1.29, 1.82) is 0 Å². The van der Waals surface area contributed by atoms with E-state index < -0.39 is 17.3 Å². The van der Waals surface area contributed by atoms with Crippen LogP contribution in [0.15, 0.2) is 54.6 Å². The average molecular weight is 319 g/mol. The number of hydrogen-bond donors (Lipinski definition) is 0. The molecule has 0 unspecified atom stereocenters. The molecule has 0 bridgehead atoms. The van der Waals surface area contributed by atoms with Crippen LogP contribution in [0.4, 0.5) is 14.5 Å². The lowest BCUT2D eigenvalue weighted by Crippen LogP contribution is -2.03. The van der Waals surface area contributed by atoms with Gasteiger partial charge in [0.2, 0.25) is 0 Å². The molecule has 0 amide bonds. The van der Waals surface area contributed by atoms with Crippen LogP contribution in [0.3, 0.4) is 0 Å². The first kappa shape index (κ1) is 16.3. The van der Waals surface area contributed by atoms with E-state index in [4.69, 9.17) is 0 Å². The van der Waals surface area contributed by atoms with Gasteiger partial charge in [0.15, 0.2) is 5.78 Å². The molecule has 118 valence electrons. The molecular formula is C16H11F2NO4. The van der Waals surface area contributed by atoms with E-state index in [-0.39, 0.29) is 17.0 Å². The molecule has 0 aliphatic heterocycles. The molecule has 0 radical (unpaired) electrons. The minimum atomic E-state index is -2.97. The lowest BCUT2D eigenvalue weighted by atomic mass is 10.1. The predicted octanol–water partition coefficient (Wildman–Crippen LogP) is 4.09. The highest BCUT2D eigenvalue weighted by Crippen LogP contribution is 2.22. The molecule has 5 nitrogen and oxygen atoms in total. The van der Waals surface area contributed by atoms with E-state index in [1.54, 1.807) is 6.07 Å². The summed E-state index contributed by atoms with van der Waals surface area (Å²) in [7, 11) is 0. The maximum atomic E-state index is 12.3. The Kier molecular flexibility index (Phi) is 5.14. The van der Waals surface area contributed by atoms with Gasteiger partial charge in [-0.2, -0.15) is 8.78 Å². The van der Waals surface area contributed by atoms with E-state index in [0.717, 1.165) is 12.1 Å². The number of carbonyl (C=O) groups excluding carboxylic acids is 1. The van der Waals surface area contributed by atoms with Gasteiger partial charge in [0, 0.05) is 23.3 Å². The number of benzene rings is 2. The van der Waals surface area contributed by atoms with Crippen LogP contribution < -0.4 is 4.74 Å². The molecule has 0 aliphatic carbocycles. The van der Waals surface area contributed by atoms with E-state index in [1.807, 2.05) is 0 Å². The van der Waals surface area contributed by atoms with Crippen molar-refractivity contribution < 1.29 is 23.2 Å². The predicted molar refractivity (Wildman–Crippen MR) is 79.5 cm³/mol. The van der Waals surface area contributed by atoms with Gasteiger partial charge in [-0.05, 0) is 18.2 Å². The molecule has 0 aliphatic rings. The average Bonchev–Trinajstić information content (AvgIpc) is 2.53. The van der Waals surface area contributed by atoms with Crippen LogP contribution in [0.1, 0.15) is 15.9 Å². The molecule has 0 fully saturated rings. The SMILES string of the molecule is O=C(C=Cc1ccccc1OC(F)F)c1cccc([N+](=O)[O-])c1. The molecule has 0 aromatic heterocycles. The second kappa shape index (κ2) is 7.26. The van der Waals surface area contributed by atoms with Gasteiger partial charge in [0.05, 0.1) is 4.92 Å². The van der Waals surface area contributed by atoms with E-state index >= 15 is 0 Å². The topological polar surface area (TPSA) is 69.4 Å². The third-order valence-electron chi connectivity index (χ3n) is 2.89. The molecule has 23 heavy (non-hydrogen) atoms. The third kappa shape index (κ3) is 4.44. The van der Waals surface area contributed by atoms with Crippen LogP contribution >= 0.6 is 0 Å². The molecule has 0 saturated heterocycles. The van der Waals surface area contributed by atoms with Crippen LogP contribution in [0, 0.1) is 10.1 Å². The summed E-state index contributed by atoms with van der Waals surface area (Å²) in [6.45, 7) is -2.97. The van der Waals surface area contributed by atoms with Gasteiger partial charge in [0.25, 0.3) is 5.69 Å². The number of nitro groups is 1. The highest BCUT2D eigenvalue weighted by Gasteiger charge is 2.10. The number of nitrogens with zero attached hydrogens (tertiary/aromatic N) is 1. The Hall–Kier alpha value is -3.09. The first-order chi connectivity index (χ1) is 11.0. The van der Waals surface area contributed by atoms with E-state index in [2.05, 4.69) is 4.74 Å². The number of rotatable bonds is 6. The molecule has 0 spiro atoms. The Bertz CT molecular complexity index is 759. The number of ether oxygens (including phenoxy) is 1. The zero-order chi connectivity index (χ0) is 16.8. The summed E-state index contributed by atoms with van der Waals surface area (Å²) in [5.41, 5.74) is 0.222. The van der Waals surface area contributed by atoms with Gasteiger partial charge in [-0.25, -0.2) is 0 Å². The van der Waals surface area contributed by atoms with Gasteiger partial charge >= 0.3 is 6.61 Å². The Balaban J connectivity index is 2.22. The fourth-order valence-electron chi connectivity index (χ4n) is 1.86. The van der Waals surface area contributed by atoms with Crippen molar-refractivity contribution in [3.63, 3.8) is 0 Å². The molecule has 0 N–H and O–H groups in total. The van der Waals surface area contributed by atoms with Crippen LogP contribution in [-0.2, 0) is 0 Å². The van der Waals surface area contributed by atoms with Crippen molar-refractivity contribution in [3.05, 3.63) is 75.8 Å². The minimum Gasteiger partial charge on any atom is -0.434 e. The Morgan fingerprint density at radius 2 is 1.91 bits per heavy atom. The Morgan fingerprint density at radius 3 is 2.61 bits per heavy atom. The molecule has 0 heterocycles. The first-order valence-corrected chi connectivity index (χ1v) is 6.48. The van der Waals surface area contributed by atoms with E-state index in [1.165, 1.54) is 42.5 Å². The summed E-state index contributed by atoms with van der Waals surface area (Å²) in [5, 5.41) is 10.7. The zero-order valence-corrected chi connectivity index (χ0v) is 11.7. The fraction of sp³-hybridized carbons (Fsp3) is 0.0625. The van der Waals surface area contributed by atoms with Gasteiger partial charge in [0.1, 0.15) is 5.75 Å². The quantitative estimate of drug-likeness (QED) is 0.348. The van der Waals surface area contributed by atoms with Gasteiger partial charge in [-0.3, -0.25) is 14.9 Å². The van der Waals surface area contributed by atoms with Crippen molar-refractivity contribution in [2.45, 2.75) is 6.61 Å². The van der Waals surface area contributed by atoms with Crippen LogP contribution in [0.25, 0.3) is 6.08 Å². The molecular weight excluding hydrogens is 308 g/mol. The van der Waals surface area contributed by atoms with Crippen molar-refractivity contribution >= 4 is 17.5 Å². The molecule has 2 rings (SSSR count). The molecule has 2 aromatic rings. The number of carbonyl (C=O) groups is 1. The zero-order valence-electron chi connectivity index (χ0n) is 11.7. The Labute approximate surface area is 130 Å². The third-order valence-corrected chi connectivity index (χ3v) is 2.89. The summed E-state index contributed by atoms with van der Waals surface area (Å²) in [6, 6.07) is 11.2. The number of non-ortho nitro benzene ring substituents is 1. The largest absolute Gasteiger partial charge is 0.434 e. The number of para-hydroxylation sites is 1. The highest BCUT2D eigenvalue weighted by atomic mass is 19.3. The maximum Gasteiger partial charge on any atom is 0.387 e. The number of halogens is 2. The van der Waals surface area contributed by atoms with Crippen LogP contribution in [0.5, 0.6) is 5.75 Å². The lowest BCUT2D eigenvalue weighted by Gasteiger charge is -2.07. The molecule has 7 heteroatoms. The second-order valence-electron chi connectivity index (χ2n) is 4.42. The van der Waals surface area contributed by atoms with E-state index in [0.29, 0.717) is 5.56 Å². The van der Waals surface area contributed by atoms with Gasteiger partial charge in [-0.1, -0.05) is 30.3 Å². The first-order valence-electron chi connectivity index (χ1n) is 6.48. The van der Waals surface area contributed by atoms with Crippen LogP contribution in [-0.4, -0.2) is 17.3 Å².